The van der Waals surface area contributed by atoms with Crippen LogP contribution in [-0.2, 0) is 6.18 Å². The Hall–Kier alpha value is -1.33. The molecular formula is C16H26F3IN6. The van der Waals surface area contributed by atoms with Crippen molar-refractivity contribution in [2.75, 3.05) is 32.0 Å². The molecule has 1 fully saturated rings. The first-order valence-electron chi connectivity index (χ1n) is 8.47. The van der Waals surface area contributed by atoms with E-state index in [2.05, 4.69) is 37.8 Å². The van der Waals surface area contributed by atoms with E-state index in [1.807, 2.05) is 0 Å². The summed E-state index contributed by atoms with van der Waals surface area (Å²) in [6.45, 7) is 3.95. The van der Waals surface area contributed by atoms with Gasteiger partial charge in [-0.3, -0.25) is 4.99 Å². The van der Waals surface area contributed by atoms with Crippen molar-refractivity contribution >= 4 is 35.9 Å². The number of rotatable bonds is 7. The van der Waals surface area contributed by atoms with Gasteiger partial charge in [-0.25, -0.2) is 9.97 Å². The van der Waals surface area contributed by atoms with Crippen LogP contribution >= 0.6 is 24.0 Å². The van der Waals surface area contributed by atoms with E-state index in [-0.39, 0.29) is 29.9 Å². The number of anilines is 1. The Bertz CT molecular complexity index is 584. The monoisotopic (exact) mass is 486 g/mol. The van der Waals surface area contributed by atoms with Crippen molar-refractivity contribution in [1.29, 1.82) is 0 Å². The maximum Gasteiger partial charge on any atom is 0.433 e. The van der Waals surface area contributed by atoms with Gasteiger partial charge in [0.1, 0.15) is 5.69 Å². The maximum atomic E-state index is 12.6. The van der Waals surface area contributed by atoms with Crippen LogP contribution in [0.5, 0.6) is 0 Å². The number of guanidine groups is 1. The lowest BCUT2D eigenvalue weighted by Gasteiger charge is -2.41. The van der Waals surface area contributed by atoms with E-state index in [0.717, 1.165) is 25.2 Å². The van der Waals surface area contributed by atoms with E-state index in [0.29, 0.717) is 24.5 Å². The first-order chi connectivity index (χ1) is 11.9. The van der Waals surface area contributed by atoms with Crippen molar-refractivity contribution in [3.63, 3.8) is 0 Å². The lowest BCUT2D eigenvalue weighted by Crippen LogP contribution is -2.47. The van der Waals surface area contributed by atoms with Gasteiger partial charge >= 0.3 is 6.18 Å². The third-order valence-electron chi connectivity index (χ3n) is 4.67. The molecule has 0 spiro atoms. The highest BCUT2D eigenvalue weighted by molar-refractivity contribution is 14.0. The molecule has 1 saturated carbocycles. The molecule has 0 radical (unpaired) electrons. The minimum absolute atomic E-state index is 0. The van der Waals surface area contributed by atoms with Crippen LogP contribution in [0.2, 0.25) is 0 Å². The standard InChI is InChI=1S/C16H25F3N6.HI/c1-3-15(6-4-7-15)11-24-13(20-2)22-9-10-23-14-21-8-5-12(25-14)16(17,18)19;/h5,8H,3-4,6-7,9-11H2,1-2H3,(H2,20,22,24)(H,21,23,25);1H. The number of hydrogen-bond donors (Lipinski definition) is 3. The molecule has 1 aromatic heterocycles. The Morgan fingerprint density at radius 3 is 2.54 bits per heavy atom. The molecule has 1 aliphatic rings. The molecule has 0 atom stereocenters. The highest BCUT2D eigenvalue weighted by Crippen LogP contribution is 2.42. The predicted octanol–water partition coefficient (Wildman–Crippen LogP) is 3.27. The summed E-state index contributed by atoms with van der Waals surface area (Å²) in [6, 6.07) is 0.846. The molecule has 26 heavy (non-hydrogen) atoms. The molecule has 0 unspecified atom stereocenters. The van der Waals surface area contributed by atoms with E-state index in [1.54, 1.807) is 7.05 Å². The van der Waals surface area contributed by atoms with Crippen molar-refractivity contribution in [2.24, 2.45) is 10.4 Å². The van der Waals surface area contributed by atoms with E-state index in [9.17, 15) is 13.2 Å². The second-order valence-electron chi connectivity index (χ2n) is 6.25. The molecule has 148 valence electrons. The minimum Gasteiger partial charge on any atom is -0.356 e. The Kier molecular flexibility index (Phi) is 8.84. The second-order valence-corrected chi connectivity index (χ2v) is 6.25. The normalized spacial score (nSPS) is 16.3. The Balaban J connectivity index is 0.00000338. The first kappa shape index (κ1) is 22.7. The third kappa shape index (κ3) is 6.44. The van der Waals surface area contributed by atoms with E-state index >= 15 is 0 Å². The SMILES string of the molecule is CCC1(CNC(=NC)NCCNc2nccc(C(F)(F)F)n2)CCC1.I. The number of alkyl halides is 3. The number of nitrogens with zero attached hydrogens (tertiary/aromatic N) is 3. The number of nitrogens with one attached hydrogen (secondary N) is 3. The van der Waals surface area contributed by atoms with Crippen LogP contribution in [0.4, 0.5) is 19.1 Å². The zero-order valence-electron chi connectivity index (χ0n) is 15.0. The molecule has 0 saturated heterocycles. The summed E-state index contributed by atoms with van der Waals surface area (Å²) >= 11 is 0. The van der Waals surface area contributed by atoms with Crippen LogP contribution in [0.25, 0.3) is 0 Å². The first-order valence-corrected chi connectivity index (χ1v) is 8.47. The molecule has 0 bridgehead atoms. The van der Waals surface area contributed by atoms with Gasteiger partial charge in [-0.2, -0.15) is 13.2 Å². The van der Waals surface area contributed by atoms with Gasteiger partial charge in [-0.1, -0.05) is 13.3 Å². The quantitative estimate of drug-likeness (QED) is 0.239. The van der Waals surface area contributed by atoms with Gasteiger partial charge in [-0.05, 0) is 30.7 Å². The van der Waals surface area contributed by atoms with E-state index in [4.69, 9.17) is 0 Å². The summed E-state index contributed by atoms with van der Waals surface area (Å²) in [5.74, 6) is 0.644. The zero-order valence-corrected chi connectivity index (χ0v) is 17.3. The summed E-state index contributed by atoms with van der Waals surface area (Å²) in [7, 11) is 1.69. The van der Waals surface area contributed by atoms with Crippen LogP contribution in [0.1, 0.15) is 38.3 Å². The van der Waals surface area contributed by atoms with Crippen LogP contribution in [0, 0.1) is 5.41 Å². The zero-order chi connectivity index (χ0) is 18.3. The van der Waals surface area contributed by atoms with Crippen LogP contribution in [0.3, 0.4) is 0 Å². The molecule has 1 heterocycles. The molecule has 10 heteroatoms. The van der Waals surface area contributed by atoms with E-state index < -0.39 is 11.9 Å². The van der Waals surface area contributed by atoms with Crippen molar-refractivity contribution in [1.82, 2.24) is 20.6 Å². The topological polar surface area (TPSA) is 74.2 Å². The van der Waals surface area contributed by atoms with Crippen molar-refractivity contribution in [2.45, 2.75) is 38.8 Å². The molecule has 0 aromatic carbocycles. The lowest BCUT2D eigenvalue weighted by molar-refractivity contribution is -0.141. The van der Waals surface area contributed by atoms with Gasteiger partial charge in [0, 0.05) is 32.9 Å². The number of aliphatic imine (C=N–C) groups is 1. The van der Waals surface area contributed by atoms with Crippen LogP contribution < -0.4 is 16.0 Å². The van der Waals surface area contributed by atoms with Crippen molar-refractivity contribution in [3.8, 4) is 0 Å². The average Bonchev–Trinajstić information content (AvgIpc) is 2.55. The number of halogens is 4. The fraction of sp³-hybridized carbons (Fsp3) is 0.688. The average molecular weight is 486 g/mol. The summed E-state index contributed by atoms with van der Waals surface area (Å²) in [4.78, 5) is 11.4. The largest absolute Gasteiger partial charge is 0.433 e. The number of aromatic nitrogens is 2. The highest BCUT2D eigenvalue weighted by Gasteiger charge is 2.35. The van der Waals surface area contributed by atoms with E-state index in [1.165, 1.54) is 19.3 Å². The highest BCUT2D eigenvalue weighted by atomic mass is 127. The summed E-state index contributed by atoms with van der Waals surface area (Å²) in [5.41, 5.74) is -0.581. The second kappa shape index (κ2) is 10.1. The van der Waals surface area contributed by atoms with Crippen LogP contribution in [-0.4, -0.2) is 42.6 Å². The molecule has 1 aliphatic carbocycles. The molecule has 6 nitrogen and oxygen atoms in total. The van der Waals surface area contributed by atoms with Gasteiger partial charge in [0.05, 0.1) is 0 Å². The van der Waals surface area contributed by atoms with Gasteiger partial charge in [0.2, 0.25) is 5.95 Å². The van der Waals surface area contributed by atoms with Gasteiger partial charge in [0.25, 0.3) is 0 Å². The molecule has 1 aromatic rings. The molecule has 0 aliphatic heterocycles. The van der Waals surface area contributed by atoms with Crippen LogP contribution in [0.15, 0.2) is 17.3 Å². The van der Waals surface area contributed by atoms with Crippen molar-refractivity contribution in [3.05, 3.63) is 18.0 Å². The lowest BCUT2D eigenvalue weighted by atomic mass is 9.67. The Morgan fingerprint density at radius 1 is 1.27 bits per heavy atom. The number of hydrogen-bond acceptors (Lipinski definition) is 4. The van der Waals surface area contributed by atoms with Gasteiger partial charge in [0.15, 0.2) is 5.96 Å². The van der Waals surface area contributed by atoms with Gasteiger partial charge in [-0.15, -0.1) is 24.0 Å². The summed E-state index contributed by atoms with van der Waals surface area (Å²) < 4.78 is 37.8. The summed E-state index contributed by atoms with van der Waals surface area (Å²) in [6.07, 6.45) is 1.52. The Morgan fingerprint density at radius 2 is 2.00 bits per heavy atom. The predicted molar refractivity (Wildman–Crippen MR) is 107 cm³/mol. The van der Waals surface area contributed by atoms with Crippen molar-refractivity contribution < 1.29 is 13.2 Å². The summed E-state index contributed by atoms with van der Waals surface area (Å²) in [5, 5.41) is 9.22. The Labute approximate surface area is 168 Å². The molecular weight excluding hydrogens is 460 g/mol. The molecule has 0 amide bonds. The fourth-order valence-electron chi connectivity index (χ4n) is 2.78. The smallest absolute Gasteiger partial charge is 0.356 e. The molecule has 3 N–H and O–H groups in total. The molecule has 2 rings (SSSR count). The third-order valence-corrected chi connectivity index (χ3v) is 4.67. The fourth-order valence-corrected chi connectivity index (χ4v) is 2.78. The maximum absolute atomic E-state index is 12.6. The minimum atomic E-state index is -4.47. The van der Waals surface area contributed by atoms with Gasteiger partial charge < -0.3 is 16.0 Å².